The van der Waals surface area contributed by atoms with Crippen molar-refractivity contribution in [3.8, 4) is 0 Å². The molecule has 0 aliphatic rings. The molecule has 1 aromatic heterocycles. The van der Waals surface area contributed by atoms with Crippen molar-refractivity contribution in [2.45, 2.75) is 19.8 Å². The average molecular weight is 196 g/mol. The van der Waals surface area contributed by atoms with E-state index in [1.165, 1.54) is 12.7 Å². The Morgan fingerprint density at radius 3 is 2.79 bits per heavy atom. The Morgan fingerprint density at radius 1 is 1.50 bits per heavy atom. The zero-order valence-electron chi connectivity index (χ0n) is 7.96. The fourth-order valence-corrected chi connectivity index (χ4v) is 0.789. The van der Waals surface area contributed by atoms with Crippen LogP contribution in [0.1, 0.15) is 19.8 Å². The third-order valence-electron chi connectivity index (χ3n) is 1.50. The lowest BCUT2D eigenvalue weighted by atomic mass is 10.4. The van der Waals surface area contributed by atoms with E-state index in [0.717, 1.165) is 17.9 Å². The summed E-state index contributed by atoms with van der Waals surface area (Å²) in [5.74, 6) is 0.200. The van der Waals surface area contributed by atoms with Gasteiger partial charge in [0.05, 0.1) is 6.61 Å². The third kappa shape index (κ3) is 3.06. The molecule has 1 amide bonds. The zero-order valence-corrected chi connectivity index (χ0v) is 7.96. The first-order valence-corrected chi connectivity index (χ1v) is 4.38. The quantitative estimate of drug-likeness (QED) is 0.378. The van der Waals surface area contributed by atoms with Crippen LogP contribution in [0.5, 0.6) is 0 Å². The van der Waals surface area contributed by atoms with Crippen LogP contribution in [0.15, 0.2) is 12.7 Å². The Hall–Kier alpha value is -1.56. The highest BCUT2D eigenvalue weighted by Crippen LogP contribution is 2.02. The predicted molar refractivity (Wildman–Crippen MR) is 49.2 cm³/mol. The van der Waals surface area contributed by atoms with Gasteiger partial charge in [-0.2, -0.15) is 15.0 Å². The predicted octanol–water partition coefficient (Wildman–Crippen LogP) is 0.566. The summed E-state index contributed by atoms with van der Waals surface area (Å²) in [5, 5.41) is 0.997. The first-order valence-electron chi connectivity index (χ1n) is 4.38. The molecular weight excluding hydrogens is 184 g/mol. The largest absolute Gasteiger partial charge is 0.276 e. The Morgan fingerprint density at radius 2 is 2.21 bits per heavy atom. The molecule has 76 valence electrons. The number of hydrogen-bond acceptors (Lipinski definition) is 5. The van der Waals surface area contributed by atoms with Crippen molar-refractivity contribution in [2.75, 3.05) is 11.7 Å². The van der Waals surface area contributed by atoms with E-state index in [-0.39, 0.29) is 5.95 Å². The second-order valence-corrected chi connectivity index (χ2v) is 2.56. The lowest BCUT2D eigenvalue weighted by Gasteiger charge is -2.13. The highest BCUT2D eigenvalue weighted by molar-refractivity contribution is 5.67. The van der Waals surface area contributed by atoms with Gasteiger partial charge in [0.2, 0.25) is 6.41 Å². The molecule has 0 N–H and O–H groups in total. The number of hydrogen-bond donors (Lipinski definition) is 0. The van der Waals surface area contributed by atoms with Crippen LogP contribution in [0, 0.1) is 0 Å². The number of unbranched alkanes of at least 4 members (excludes halogenated alkanes) is 1. The van der Waals surface area contributed by atoms with Crippen molar-refractivity contribution >= 4 is 12.4 Å². The van der Waals surface area contributed by atoms with Crippen molar-refractivity contribution in [1.29, 1.82) is 0 Å². The molecule has 1 aromatic rings. The SMILES string of the molecule is CCCCON(C=O)c1ncncn1. The van der Waals surface area contributed by atoms with E-state index < -0.39 is 0 Å². The van der Waals surface area contributed by atoms with Crippen LogP contribution in [-0.4, -0.2) is 28.0 Å². The van der Waals surface area contributed by atoms with Gasteiger partial charge in [-0.1, -0.05) is 13.3 Å². The second kappa shape index (κ2) is 5.98. The first-order chi connectivity index (χ1) is 6.88. The van der Waals surface area contributed by atoms with Gasteiger partial charge in [-0.3, -0.25) is 9.63 Å². The standard InChI is InChI=1S/C8H12N4O2/c1-2-3-4-14-12(7-13)8-10-5-9-6-11-8/h5-7H,2-4H2,1H3. The summed E-state index contributed by atoms with van der Waals surface area (Å²) < 4.78 is 0. The number of anilines is 1. The molecule has 0 aromatic carbocycles. The van der Waals surface area contributed by atoms with E-state index in [1.807, 2.05) is 6.92 Å². The van der Waals surface area contributed by atoms with Crippen molar-refractivity contribution in [3.05, 3.63) is 12.7 Å². The maximum atomic E-state index is 10.6. The maximum Gasteiger partial charge on any atom is 0.260 e. The molecule has 6 heteroatoms. The van der Waals surface area contributed by atoms with Gasteiger partial charge in [0.15, 0.2) is 0 Å². The van der Waals surface area contributed by atoms with Crippen LogP contribution in [-0.2, 0) is 9.63 Å². The molecule has 0 radical (unpaired) electrons. The van der Waals surface area contributed by atoms with Crippen LogP contribution in [0.2, 0.25) is 0 Å². The van der Waals surface area contributed by atoms with Gasteiger partial charge in [-0.15, -0.1) is 0 Å². The summed E-state index contributed by atoms with van der Waals surface area (Å²) in [6.45, 7) is 2.51. The fraction of sp³-hybridized carbons (Fsp3) is 0.500. The zero-order chi connectivity index (χ0) is 10.2. The summed E-state index contributed by atoms with van der Waals surface area (Å²) >= 11 is 0. The van der Waals surface area contributed by atoms with Crippen LogP contribution >= 0.6 is 0 Å². The third-order valence-corrected chi connectivity index (χ3v) is 1.50. The van der Waals surface area contributed by atoms with Crippen molar-refractivity contribution in [2.24, 2.45) is 0 Å². The van der Waals surface area contributed by atoms with Crippen molar-refractivity contribution < 1.29 is 9.63 Å². The fourth-order valence-electron chi connectivity index (χ4n) is 0.789. The highest BCUT2D eigenvalue weighted by Gasteiger charge is 2.07. The van der Waals surface area contributed by atoms with Gasteiger partial charge < -0.3 is 0 Å². The molecule has 0 aliphatic carbocycles. The summed E-state index contributed by atoms with van der Waals surface area (Å²) in [6, 6.07) is 0. The summed E-state index contributed by atoms with van der Waals surface area (Å²) in [4.78, 5) is 26.9. The van der Waals surface area contributed by atoms with Crippen molar-refractivity contribution in [3.63, 3.8) is 0 Å². The molecule has 0 saturated carbocycles. The Kier molecular flexibility index (Phi) is 4.49. The molecule has 0 atom stereocenters. The van der Waals surface area contributed by atoms with Gasteiger partial charge in [0.25, 0.3) is 5.95 Å². The Labute approximate surface area is 81.9 Å². The lowest BCUT2D eigenvalue weighted by Crippen LogP contribution is -2.24. The van der Waals surface area contributed by atoms with Gasteiger partial charge in [-0.05, 0) is 6.42 Å². The smallest absolute Gasteiger partial charge is 0.260 e. The topological polar surface area (TPSA) is 68.2 Å². The minimum atomic E-state index is 0.200. The van der Waals surface area contributed by atoms with Gasteiger partial charge in [0.1, 0.15) is 12.7 Å². The lowest BCUT2D eigenvalue weighted by molar-refractivity contribution is -0.114. The minimum Gasteiger partial charge on any atom is -0.276 e. The molecule has 1 rings (SSSR count). The van der Waals surface area contributed by atoms with E-state index in [9.17, 15) is 4.79 Å². The van der Waals surface area contributed by atoms with Gasteiger partial charge in [0, 0.05) is 0 Å². The highest BCUT2D eigenvalue weighted by atomic mass is 16.7. The number of amides is 1. The monoisotopic (exact) mass is 196 g/mol. The van der Waals surface area contributed by atoms with Crippen molar-refractivity contribution in [1.82, 2.24) is 15.0 Å². The molecule has 1 heterocycles. The summed E-state index contributed by atoms with van der Waals surface area (Å²) in [7, 11) is 0. The van der Waals surface area contributed by atoms with Crippen LogP contribution < -0.4 is 5.06 Å². The molecular formula is C8H12N4O2. The molecule has 14 heavy (non-hydrogen) atoms. The van der Waals surface area contributed by atoms with E-state index in [0.29, 0.717) is 13.0 Å². The number of rotatable bonds is 6. The first kappa shape index (κ1) is 10.5. The van der Waals surface area contributed by atoms with Crippen LogP contribution in [0.4, 0.5) is 5.95 Å². The molecule has 0 unspecified atom stereocenters. The number of nitrogens with zero attached hydrogens (tertiary/aromatic N) is 4. The van der Waals surface area contributed by atoms with Gasteiger partial charge >= 0.3 is 0 Å². The number of hydroxylamine groups is 1. The molecule has 0 fully saturated rings. The van der Waals surface area contributed by atoms with Crippen LogP contribution in [0.3, 0.4) is 0 Å². The summed E-state index contributed by atoms with van der Waals surface area (Å²) in [6.07, 6.45) is 5.04. The number of carbonyl (C=O) groups excluding carboxylic acids is 1. The normalized spacial score (nSPS) is 9.79. The number of aromatic nitrogens is 3. The molecule has 0 spiro atoms. The van der Waals surface area contributed by atoms with Crippen LogP contribution in [0.25, 0.3) is 0 Å². The number of carbonyl (C=O) groups is 1. The minimum absolute atomic E-state index is 0.200. The second-order valence-electron chi connectivity index (χ2n) is 2.56. The Bertz CT molecular complexity index is 267. The van der Waals surface area contributed by atoms with Gasteiger partial charge in [-0.25, -0.2) is 4.98 Å². The molecule has 0 bridgehead atoms. The Balaban J connectivity index is 2.50. The van der Waals surface area contributed by atoms with E-state index in [2.05, 4.69) is 15.0 Å². The molecule has 0 aliphatic heterocycles. The average Bonchev–Trinajstić information content (AvgIpc) is 2.26. The van der Waals surface area contributed by atoms with E-state index >= 15 is 0 Å². The molecule has 0 saturated heterocycles. The van der Waals surface area contributed by atoms with E-state index in [1.54, 1.807) is 0 Å². The summed E-state index contributed by atoms with van der Waals surface area (Å²) in [5.41, 5.74) is 0. The molecule has 6 nitrogen and oxygen atoms in total. The van der Waals surface area contributed by atoms with E-state index in [4.69, 9.17) is 4.84 Å². The maximum absolute atomic E-state index is 10.6.